The molecule has 0 saturated carbocycles. The second kappa shape index (κ2) is 8.53. The minimum Gasteiger partial charge on any atom is -0.381 e. The highest BCUT2D eigenvalue weighted by Crippen LogP contribution is 2.07. The van der Waals surface area contributed by atoms with Crippen molar-refractivity contribution in [2.45, 2.75) is 45.1 Å². The lowest BCUT2D eigenvalue weighted by Crippen LogP contribution is -2.34. The van der Waals surface area contributed by atoms with Crippen LogP contribution in [0.2, 0.25) is 0 Å². The van der Waals surface area contributed by atoms with Crippen molar-refractivity contribution in [2.75, 3.05) is 26.3 Å². The maximum absolute atomic E-state index is 11.3. The molecular weight excluding hydrogens is 204 g/mol. The van der Waals surface area contributed by atoms with E-state index < -0.39 is 0 Å². The van der Waals surface area contributed by atoms with E-state index in [0.717, 1.165) is 52.0 Å². The zero-order valence-electron chi connectivity index (χ0n) is 10.3. The number of carbonyl (C=O) groups is 1. The highest BCUT2D eigenvalue weighted by Gasteiger charge is 2.11. The highest BCUT2D eigenvalue weighted by molar-refractivity contribution is 5.75. The maximum Gasteiger partial charge on any atom is 0.221 e. The smallest absolute Gasteiger partial charge is 0.221 e. The van der Waals surface area contributed by atoms with E-state index >= 15 is 0 Å². The third-order valence-corrected chi connectivity index (χ3v) is 2.81. The first-order chi connectivity index (χ1) is 7.83. The van der Waals surface area contributed by atoms with Gasteiger partial charge in [-0.1, -0.05) is 6.92 Å². The van der Waals surface area contributed by atoms with Crippen molar-refractivity contribution >= 4 is 5.91 Å². The van der Waals surface area contributed by atoms with Crippen LogP contribution in [0.15, 0.2) is 0 Å². The van der Waals surface area contributed by atoms with Crippen LogP contribution in [0.5, 0.6) is 0 Å². The van der Waals surface area contributed by atoms with Crippen LogP contribution in [0.25, 0.3) is 0 Å². The fourth-order valence-electron chi connectivity index (χ4n) is 1.85. The third kappa shape index (κ3) is 6.08. The molecule has 1 fully saturated rings. The Morgan fingerprint density at radius 2 is 2.19 bits per heavy atom. The van der Waals surface area contributed by atoms with Crippen LogP contribution in [0.4, 0.5) is 0 Å². The molecule has 4 nitrogen and oxygen atoms in total. The van der Waals surface area contributed by atoms with Gasteiger partial charge in [-0.3, -0.25) is 4.79 Å². The van der Waals surface area contributed by atoms with E-state index in [1.807, 2.05) is 0 Å². The summed E-state index contributed by atoms with van der Waals surface area (Å²) in [5.41, 5.74) is 0. The largest absolute Gasteiger partial charge is 0.381 e. The molecule has 0 aromatic heterocycles. The molecule has 0 aromatic rings. The number of ether oxygens (including phenoxy) is 1. The van der Waals surface area contributed by atoms with Crippen LogP contribution >= 0.6 is 0 Å². The molecule has 94 valence electrons. The molecule has 4 heteroatoms. The summed E-state index contributed by atoms with van der Waals surface area (Å²) in [6.45, 7) is 5.36. The molecule has 0 radical (unpaired) electrons. The molecule has 1 amide bonds. The summed E-state index contributed by atoms with van der Waals surface area (Å²) in [7, 11) is 0. The highest BCUT2D eigenvalue weighted by atomic mass is 16.5. The Bertz CT molecular complexity index is 189. The van der Waals surface area contributed by atoms with Crippen molar-refractivity contribution in [3.63, 3.8) is 0 Å². The average molecular weight is 228 g/mol. The average Bonchev–Trinajstić information content (AvgIpc) is 2.55. The Hall–Kier alpha value is -0.610. The van der Waals surface area contributed by atoms with Gasteiger partial charge in [-0.25, -0.2) is 0 Å². The maximum atomic E-state index is 11.3. The van der Waals surface area contributed by atoms with Crippen LogP contribution in [-0.4, -0.2) is 38.3 Å². The van der Waals surface area contributed by atoms with Gasteiger partial charge in [0.05, 0.1) is 0 Å². The normalized spacial score (nSPS) is 21.4. The lowest BCUT2D eigenvalue weighted by atomic mass is 10.1. The molecule has 1 unspecified atom stereocenters. The van der Waals surface area contributed by atoms with Gasteiger partial charge in [-0.05, 0) is 25.7 Å². The first-order valence-corrected chi connectivity index (χ1v) is 6.40. The van der Waals surface area contributed by atoms with Crippen molar-refractivity contribution in [3.05, 3.63) is 0 Å². The van der Waals surface area contributed by atoms with Gasteiger partial charge < -0.3 is 15.4 Å². The van der Waals surface area contributed by atoms with Crippen LogP contribution in [0.1, 0.15) is 39.0 Å². The van der Waals surface area contributed by atoms with E-state index in [0.29, 0.717) is 12.5 Å². The molecule has 16 heavy (non-hydrogen) atoms. The zero-order chi connectivity index (χ0) is 11.6. The summed E-state index contributed by atoms with van der Waals surface area (Å²) >= 11 is 0. The van der Waals surface area contributed by atoms with Gasteiger partial charge in [0, 0.05) is 38.8 Å². The van der Waals surface area contributed by atoms with E-state index in [-0.39, 0.29) is 5.91 Å². The zero-order valence-corrected chi connectivity index (χ0v) is 10.3. The Kier molecular flexibility index (Phi) is 7.17. The quantitative estimate of drug-likeness (QED) is 0.715. The van der Waals surface area contributed by atoms with E-state index in [9.17, 15) is 4.79 Å². The van der Waals surface area contributed by atoms with Gasteiger partial charge in [0.15, 0.2) is 0 Å². The minimum atomic E-state index is 0.152. The van der Waals surface area contributed by atoms with Gasteiger partial charge in [-0.15, -0.1) is 0 Å². The second-order valence-corrected chi connectivity index (χ2v) is 4.29. The summed E-state index contributed by atoms with van der Waals surface area (Å²) in [5.74, 6) is 0.152. The molecule has 0 aromatic carbocycles. The summed E-state index contributed by atoms with van der Waals surface area (Å²) in [4.78, 5) is 11.3. The van der Waals surface area contributed by atoms with E-state index in [1.54, 1.807) is 0 Å². The topological polar surface area (TPSA) is 50.4 Å². The summed E-state index contributed by atoms with van der Waals surface area (Å²) in [5, 5.41) is 6.31. The summed E-state index contributed by atoms with van der Waals surface area (Å²) in [6.07, 6.45) is 4.93. The van der Waals surface area contributed by atoms with E-state index in [1.165, 1.54) is 0 Å². The van der Waals surface area contributed by atoms with Crippen LogP contribution in [0.3, 0.4) is 0 Å². The number of rotatable bonds is 6. The molecule has 0 aliphatic carbocycles. The Balaban J connectivity index is 2.02. The van der Waals surface area contributed by atoms with Gasteiger partial charge in [0.1, 0.15) is 0 Å². The molecule has 1 heterocycles. The standard InChI is InChI=1S/C12H24N2O2/c1-2-7-14-12(15)5-8-13-11-4-3-9-16-10-6-11/h11,13H,2-10H2,1H3,(H,14,15). The number of carbonyl (C=O) groups excluding carboxylic acids is 1. The fourth-order valence-corrected chi connectivity index (χ4v) is 1.85. The minimum absolute atomic E-state index is 0.152. The number of hydrogen-bond donors (Lipinski definition) is 2. The van der Waals surface area contributed by atoms with Gasteiger partial charge >= 0.3 is 0 Å². The SMILES string of the molecule is CCCNC(=O)CCNC1CCCOCC1. The third-order valence-electron chi connectivity index (χ3n) is 2.81. The monoisotopic (exact) mass is 228 g/mol. The number of amides is 1. The van der Waals surface area contributed by atoms with Gasteiger partial charge in [0.25, 0.3) is 0 Å². The van der Waals surface area contributed by atoms with Crippen molar-refractivity contribution in [3.8, 4) is 0 Å². The molecule has 1 saturated heterocycles. The molecule has 0 spiro atoms. The lowest BCUT2D eigenvalue weighted by molar-refractivity contribution is -0.121. The summed E-state index contributed by atoms with van der Waals surface area (Å²) in [6, 6.07) is 0.529. The first-order valence-electron chi connectivity index (χ1n) is 6.40. The molecule has 0 bridgehead atoms. The number of nitrogens with one attached hydrogen (secondary N) is 2. The summed E-state index contributed by atoms with van der Waals surface area (Å²) < 4.78 is 5.39. The van der Waals surface area contributed by atoms with Crippen molar-refractivity contribution < 1.29 is 9.53 Å². The molecular formula is C12H24N2O2. The molecule has 2 N–H and O–H groups in total. The van der Waals surface area contributed by atoms with Crippen LogP contribution in [-0.2, 0) is 9.53 Å². The van der Waals surface area contributed by atoms with Gasteiger partial charge in [0.2, 0.25) is 5.91 Å². The van der Waals surface area contributed by atoms with E-state index in [4.69, 9.17) is 4.74 Å². The molecule has 1 rings (SSSR count). The molecule has 1 aliphatic rings. The molecule has 1 atom stereocenters. The Morgan fingerprint density at radius 1 is 1.31 bits per heavy atom. The Morgan fingerprint density at radius 3 is 3.00 bits per heavy atom. The first kappa shape index (κ1) is 13.5. The Labute approximate surface area is 98.1 Å². The van der Waals surface area contributed by atoms with Crippen molar-refractivity contribution in [2.24, 2.45) is 0 Å². The van der Waals surface area contributed by atoms with Gasteiger partial charge in [-0.2, -0.15) is 0 Å². The predicted molar refractivity (Wildman–Crippen MR) is 64.4 cm³/mol. The number of hydrogen-bond acceptors (Lipinski definition) is 3. The predicted octanol–water partition coefficient (Wildman–Crippen LogP) is 1.06. The van der Waals surface area contributed by atoms with Crippen LogP contribution in [0, 0.1) is 0 Å². The van der Waals surface area contributed by atoms with Crippen molar-refractivity contribution in [1.82, 2.24) is 10.6 Å². The molecule has 1 aliphatic heterocycles. The fraction of sp³-hybridized carbons (Fsp3) is 0.917. The van der Waals surface area contributed by atoms with E-state index in [2.05, 4.69) is 17.6 Å². The van der Waals surface area contributed by atoms with Crippen molar-refractivity contribution in [1.29, 1.82) is 0 Å². The van der Waals surface area contributed by atoms with Crippen LogP contribution < -0.4 is 10.6 Å². The second-order valence-electron chi connectivity index (χ2n) is 4.29. The lowest BCUT2D eigenvalue weighted by Gasteiger charge is -2.15.